The standard InChI is InChI=1S/C9H12N6O2/c10-6-7(11)14-9(15(16)8(6)12)13-4-5-2-1-3-17-5/h1-3H,4,10,12H2,(H3,11,13,14). The van der Waals surface area contributed by atoms with Gasteiger partial charge >= 0.3 is 5.95 Å². The van der Waals surface area contributed by atoms with Gasteiger partial charge in [-0.2, -0.15) is 0 Å². The van der Waals surface area contributed by atoms with E-state index in [-0.39, 0.29) is 23.3 Å². The summed E-state index contributed by atoms with van der Waals surface area (Å²) in [5, 5.41) is 14.4. The smallest absolute Gasteiger partial charge is 0.349 e. The van der Waals surface area contributed by atoms with Gasteiger partial charge in [-0.05, 0) is 12.1 Å². The highest BCUT2D eigenvalue weighted by Crippen LogP contribution is 2.18. The quantitative estimate of drug-likeness (QED) is 0.421. The van der Waals surface area contributed by atoms with Crippen molar-refractivity contribution in [3.63, 3.8) is 0 Å². The Kier molecular flexibility index (Phi) is 2.61. The van der Waals surface area contributed by atoms with Crippen LogP contribution in [-0.4, -0.2) is 4.98 Å². The van der Waals surface area contributed by atoms with E-state index in [0.717, 1.165) is 0 Å². The third kappa shape index (κ3) is 2.00. The molecule has 8 nitrogen and oxygen atoms in total. The molecule has 2 heterocycles. The number of nitrogen functional groups attached to an aromatic ring is 3. The summed E-state index contributed by atoms with van der Waals surface area (Å²) in [6.07, 6.45) is 1.53. The van der Waals surface area contributed by atoms with Gasteiger partial charge in [0.2, 0.25) is 11.6 Å². The lowest BCUT2D eigenvalue weighted by molar-refractivity contribution is -0.576. The van der Waals surface area contributed by atoms with Crippen LogP contribution in [0.15, 0.2) is 22.8 Å². The first-order valence-corrected chi connectivity index (χ1v) is 4.80. The number of hydrogen-bond donors (Lipinski definition) is 4. The second kappa shape index (κ2) is 4.08. The predicted octanol–water partition coefficient (Wildman–Crippen LogP) is -0.333. The van der Waals surface area contributed by atoms with Crippen LogP contribution in [0.2, 0.25) is 0 Å². The predicted molar refractivity (Wildman–Crippen MR) is 62.5 cm³/mol. The normalized spacial score (nSPS) is 10.4. The van der Waals surface area contributed by atoms with Crippen LogP contribution in [0.1, 0.15) is 5.76 Å². The van der Waals surface area contributed by atoms with E-state index in [4.69, 9.17) is 21.6 Å². The second-order valence-corrected chi connectivity index (χ2v) is 3.35. The Morgan fingerprint density at radius 1 is 1.41 bits per heavy atom. The summed E-state index contributed by atoms with van der Waals surface area (Å²) in [7, 11) is 0. The summed E-state index contributed by atoms with van der Waals surface area (Å²) in [6.45, 7) is 0.297. The monoisotopic (exact) mass is 236 g/mol. The van der Waals surface area contributed by atoms with Crippen molar-refractivity contribution >= 4 is 23.3 Å². The minimum Gasteiger partial charge on any atom is -0.754 e. The van der Waals surface area contributed by atoms with Crippen LogP contribution in [0.4, 0.5) is 23.3 Å². The van der Waals surface area contributed by atoms with Gasteiger partial charge in [-0.15, -0.1) is 0 Å². The van der Waals surface area contributed by atoms with E-state index in [2.05, 4.69) is 10.3 Å². The number of nitrogens with one attached hydrogen (secondary N) is 1. The van der Waals surface area contributed by atoms with Gasteiger partial charge in [-0.25, -0.2) is 4.73 Å². The maximum absolute atomic E-state index is 11.6. The number of anilines is 4. The maximum Gasteiger partial charge on any atom is 0.349 e. The van der Waals surface area contributed by atoms with Crippen molar-refractivity contribution in [1.29, 1.82) is 0 Å². The molecule has 0 aliphatic heterocycles. The lowest BCUT2D eigenvalue weighted by Gasteiger charge is -2.14. The van der Waals surface area contributed by atoms with Crippen LogP contribution < -0.4 is 27.2 Å². The van der Waals surface area contributed by atoms with Crippen molar-refractivity contribution in [2.45, 2.75) is 6.54 Å². The van der Waals surface area contributed by atoms with Gasteiger partial charge in [0.15, 0.2) is 5.69 Å². The van der Waals surface area contributed by atoms with Gasteiger partial charge in [0.1, 0.15) is 12.3 Å². The Morgan fingerprint density at radius 2 is 2.18 bits per heavy atom. The van der Waals surface area contributed by atoms with Gasteiger partial charge in [0.05, 0.1) is 6.26 Å². The maximum atomic E-state index is 11.6. The van der Waals surface area contributed by atoms with Crippen LogP contribution >= 0.6 is 0 Å². The third-order valence-corrected chi connectivity index (χ3v) is 2.19. The number of furan rings is 1. The number of aromatic nitrogens is 2. The molecule has 90 valence electrons. The first-order chi connectivity index (χ1) is 8.09. The van der Waals surface area contributed by atoms with Crippen molar-refractivity contribution in [3.8, 4) is 0 Å². The average molecular weight is 236 g/mol. The number of nitrogens with two attached hydrogens (primary N) is 3. The molecule has 2 aromatic rings. The molecule has 2 aromatic heterocycles. The van der Waals surface area contributed by atoms with Crippen molar-refractivity contribution < 1.29 is 9.15 Å². The fourth-order valence-corrected chi connectivity index (χ4v) is 1.27. The van der Waals surface area contributed by atoms with Gasteiger partial charge < -0.3 is 26.8 Å². The lowest BCUT2D eigenvalue weighted by atomic mass is 10.4. The highest BCUT2D eigenvalue weighted by molar-refractivity contribution is 5.69. The Labute approximate surface area is 96.6 Å². The van der Waals surface area contributed by atoms with Crippen LogP contribution in [0.3, 0.4) is 0 Å². The van der Waals surface area contributed by atoms with E-state index in [9.17, 15) is 5.21 Å². The van der Waals surface area contributed by atoms with E-state index in [1.165, 1.54) is 6.26 Å². The molecular weight excluding hydrogens is 224 g/mol. The topological polar surface area (TPSA) is 143 Å². The summed E-state index contributed by atoms with van der Waals surface area (Å²) in [5.74, 6) is 0.461. The summed E-state index contributed by atoms with van der Waals surface area (Å²) in [5.41, 5.74) is 16.4. The lowest BCUT2D eigenvalue weighted by Crippen LogP contribution is -2.37. The second-order valence-electron chi connectivity index (χ2n) is 3.35. The molecule has 8 heteroatoms. The molecule has 0 radical (unpaired) electrons. The average Bonchev–Trinajstić information content (AvgIpc) is 2.82. The largest absolute Gasteiger partial charge is 0.754 e. The molecule has 0 saturated carbocycles. The summed E-state index contributed by atoms with van der Waals surface area (Å²) in [6, 6.07) is 3.49. The Balaban J connectivity index is 2.22. The molecule has 17 heavy (non-hydrogen) atoms. The van der Waals surface area contributed by atoms with Crippen LogP contribution in [0.5, 0.6) is 0 Å². The van der Waals surface area contributed by atoms with Gasteiger partial charge in [0, 0.05) is 0 Å². The molecule has 0 fully saturated rings. The van der Waals surface area contributed by atoms with Gasteiger partial charge in [-0.1, -0.05) is 4.98 Å². The van der Waals surface area contributed by atoms with Crippen LogP contribution in [0.25, 0.3) is 0 Å². The molecule has 0 aliphatic carbocycles. The van der Waals surface area contributed by atoms with E-state index < -0.39 is 0 Å². The number of hydrogen-bond acceptors (Lipinski definition) is 7. The summed E-state index contributed by atoms with van der Waals surface area (Å²) >= 11 is 0. The van der Waals surface area contributed by atoms with Crippen LogP contribution in [0, 0.1) is 5.21 Å². The highest BCUT2D eigenvalue weighted by Gasteiger charge is 2.15. The molecule has 0 spiro atoms. The Bertz CT molecular complexity index is 525. The fraction of sp³-hybridized carbons (Fsp3) is 0.111. The molecule has 0 aliphatic rings. The minimum atomic E-state index is -0.181. The van der Waals surface area contributed by atoms with Gasteiger partial charge in [-0.3, -0.25) is 5.32 Å². The molecule has 0 aromatic carbocycles. The van der Waals surface area contributed by atoms with Crippen LogP contribution in [-0.2, 0) is 6.54 Å². The summed E-state index contributed by atoms with van der Waals surface area (Å²) in [4.78, 5) is 3.80. The van der Waals surface area contributed by atoms with E-state index in [1.54, 1.807) is 12.1 Å². The van der Waals surface area contributed by atoms with Crippen molar-refractivity contribution in [2.24, 2.45) is 0 Å². The molecule has 0 atom stereocenters. The zero-order valence-corrected chi connectivity index (χ0v) is 8.88. The molecular formula is C9H12N6O2. The molecule has 0 saturated heterocycles. The third-order valence-electron chi connectivity index (χ3n) is 2.19. The first-order valence-electron chi connectivity index (χ1n) is 4.80. The van der Waals surface area contributed by atoms with E-state index in [0.29, 0.717) is 17.0 Å². The summed E-state index contributed by atoms with van der Waals surface area (Å²) < 4.78 is 5.47. The Morgan fingerprint density at radius 3 is 2.82 bits per heavy atom. The van der Waals surface area contributed by atoms with Gasteiger partial charge in [0.25, 0.3) is 0 Å². The van der Waals surface area contributed by atoms with E-state index >= 15 is 0 Å². The van der Waals surface area contributed by atoms with Crippen molar-refractivity contribution in [1.82, 2.24) is 4.98 Å². The molecule has 0 unspecified atom stereocenters. The van der Waals surface area contributed by atoms with E-state index in [1.807, 2.05) is 0 Å². The molecule has 2 rings (SSSR count). The zero-order chi connectivity index (χ0) is 12.4. The molecule has 0 amide bonds. The number of rotatable bonds is 3. The minimum absolute atomic E-state index is 0.0107. The Hall–Kier alpha value is -2.64. The highest BCUT2D eigenvalue weighted by atomic mass is 16.5. The molecule has 0 bridgehead atoms. The SMILES string of the molecule is Nc1nc(NCc2ccco2)[n+]([O-])c(N)c1N. The van der Waals surface area contributed by atoms with Crippen molar-refractivity contribution in [2.75, 3.05) is 22.5 Å². The van der Waals surface area contributed by atoms with Crippen molar-refractivity contribution in [3.05, 3.63) is 29.4 Å². The first kappa shape index (κ1) is 10.9. The number of nitrogens with zero attached hydrogens (tertiary/aromatic N) is 2. The fourth-order valence-electron chi connectivity index (χ4n) is 1.27. The molecule has 7 N–H and O–H groups in total. The zero-order valence-electron chi connectivity index (χ0n) is 8.88.